The van der Waals surface area contributed by atoms with E-state index in [9.17, 15) is 29.5 Å². The molecule has 1 rings (SSSR count). The van der Waals surface area contributed by atoms with Crippen LogP contribution in [0.4, 0.5) is 10.1 Å². The molecule has 2 atom stereocenters. The van der Waals surface area contributed by atoms with Crippen LogP contribution in [0.5, 0.6) is 0 Å². The van der Waals surface area contributed by atoms with Gasteiger partial charge in [-0.2, -0.15) is 0 Å². The molecule has 0 amide bonds. The zero-order valence-electron chi connectivity index (χ0n) is 10.7. The van der Waals surface area contributed by atoms with Crippen molar-refractivity contribution in [3.05, 3.63) is 39.7 Å². The highest BCUT2D eigenvalue weighted by atomic mass is 19.1. The van der Waals surface area contributed by atoms with Crippen LogP contribution in [-0.2, 0) is 9.53 Å². The smallest absolute Gasteiger partial charge is 0.308 e. The average Bonchev–Trinajstić information content (AvgIpc) is 2.38. The van der Waals surface area contributed by atoms with Crippen LogP contribution >= 0.6 is 0 Å². The lowest BCUT2D eigenvalue weighted by Crippen LogP contribution is -2.24. The minimum Gasteiger partial charge on any atom is -0.466 e. The number of ether oxygens (including phenoxy) is 1. The van der Waals surface area contributed by atoms with Crippen LogP contribution in [0.1, 0.15) is 25.0 Å². The monoisotopic (exact) mass is 287 g/mol. The van der Waals surface area contributed by atoms with Gasteiger partial charge in [0.15, 0.2) is 0 Å². The summed E-state index contributed by atoms with van der Waals surface area (Å²) in [6.45, 7) is 1.67. The Bertz CT molecular complexity index is 507. The van der Waals surface area contributed by atoms with Crippen molar-refractivity contribution >= 4 is 11.7 Å². The number of carbonyl (C=O) groups is 1. The molecule has 0 aromatic heterocycles. The number of halogens is 1. The molecule has 0 aliphatic heterocycles. The first kappa shape index (κ1) is 16.0. The van der Waals surface area contributed by atoms with Crippen LogP contribution in [0, 0.1) is 15.9 Å². The lowest BCUT2D eigenvalue weighted by molar-refractivity contribution is -0.385. The van der Waals surface area contributed by atoms with Gasteiger partial charge in [-0.05, 0) is 13.0 Å². The number of hydrogen-bond donors (Lipinski definition) is 2. The van der Waals surface area contributed by atoms with Gasteiger partial charge in [-0.1, -0.05) is 0 Å². The minimum atomic E-state index is -1.76. The van der Waals surface area contributed by atoms with Gasteiger partial charge in [0.25, 0.3) is 5.69 Å². The first-order valence-electron chi connectivity index (χ1n) is 5.82. The second-order valence-electron chi connectivity index (χ2n) is 3.98. The molecule has 2 N–H and O–H groups in total. The van der Waals surface area contributed by atoms with E-state index in [1.807, 2.05) is 0 Å². The molecule has 110 valence electrons. The number of nitro groups is 1. The van der Waals surface area contributed by atoms with E-state index in [-0.39, 0.29) is 6.61 Å². The third-order valence-electron chi connectivity index (χ3n) is 2.55. The van der Waals surface area contributed by atoms with Crippen LogP contribution in [-0.4, -0.2) is 33.8 Å². The van der Waals surface area contributed by atoms with Crippen molar-refractivity contribution in [3.8, 4) is 0 Å². The number of esters is 1. The molecule has 0 bridgehead atoms. The number of carbonyl (C=O) groups excluding carboxylic acids is 1. The van der Waals surface area contributed by atoms with Gasteiger partial charge in [0, 0.05) is 17.7 Å². The highest BCUT2D eigenvalue weighted by molar-refractivity contribution is 5.70. The highest BCUT2D eigenvalue weighted by Gasteiger charge is 2.26. The van der Waals surface area contributed by atoms with Gasteiger partial charge in [0.2, 0.25) is 0 Å². The first-order valence-corrected chi connectivity index (χ1v) is 5.82. The van der Waals surface area contributed by atoms with E-state index in [0.717, 1.165) is 18.2 Å². The maximum Gasteiger partial charge on any atom is 0.308 e. The Labute approximate surface area is 113 Å². The van der Waals surface area contributed by atoms with Crippen molar-refractivity contribution in [1.82, 2.24) is 0 Å². The number of aliphatic hydroxyl groups is 2. The van der Waals surface area contributed by atoms with Crippen molar-refractivity contribution in [2.24, 2.45) is 0 Å². The predicted octanol–water partition coefficient (Wildman–Crippen LogP) is 1.08. The Hall–Kier alpha value is -2.06. The summed E-state index contributed by atoms with van der Waals surface area (Å²) in [4.78, 5) is 21.0. The number of benzene rings is 1. The van der Waals surface area contributed by atoms with Crippen LogP contribution < -0.4 is 0 Å². The summed E-state index contributed by atoms with van der Waals surface area (Å²) in [6, 6.07) is 2.56. The molecule has 0 saturated heterocycles. The third kappa shape index (κ3) is 3.97. The number of hydrogen-bond acceptors (Lipinski definition) is 6. The fraction of sp³-hybridized carbons (Fsp3) is 0.417. The van der Waals surface area contributed by atoms with Gasteiger partial charge < -0.3 is 14.9 Å². The van der Waals surface area contributed by atoms with E-state index < -0.39 is 46.6 Å². The van der Waals surface area contributed by atoms with E-state index >= 15 is 0 Å². The van der Waals surface area contributed by atoms with E-state index in [0.29, 0.717) is 0 Å². The zero-order chi connectivity index (χ0) is 15.3. The largest absolute Gasteiger partial charge is 0.466 e. The Balaban J connectivity index is 2.90. The van der Waals surface area contributed by atoms with Crippen LogP contribution in [0.15, 0.2) is 18.2 Å². The molecule has 1 aromatic carbocycles. The van der Waals surface area contributed by atoms with Crippen molar-refractivity contribution < 1.29 is 29.1 Å². The Morgan fingerprint density at radius 3 is 2.70 bits per heavy atom. The second kappa shape index (κ2) is 6.92. The minimum absolute atomic E-state index is 0.104. The maximum atomic E-state index is 13.5. The molecule has 0 aliphatic rings. The van der Waals surface area contributed by atoms with Crippen LogP contribution in [0.2, 0.25) is 0 Å². The second-order valence-corrected chi connectivity index (χ2v) is 3.98. The van der Waals surface area contributed by atoms with Gasteiger partial charge in [0.1, 0.15) is 11.9 Å². The van der Waals surface area contributed by atoms with E-state index in [1.165, 1.54) is 0 Å². The normalized spacial score (nSPS) is 13.6. The van der Waals surface area contributed by atoms with E-state index in [1.54, 1.807) is 6.92 Å². The van der Waals surface area contributed by atoms with Crippen molar-refractivity contribution in [2.75, 3.05) is 6.61 Å². The van der Waals surface area contributed by atoms with Crippen molar-refractivity contribution in [3.63, 3.8) is 0 Å². The molecule has 0 saturated carbocycles. The van der Waals surface area contributed by atoms with Crippen LogP contribution in [0.3, 0.4) is 0 Å². The molecule has 0 fully saturated rings. The summed E-state index contributed by atoms with van der Waals surface area (Å²) in [5.41, 5.74) is -0.875. The molecule has 0 radical (unpaired) electrons. The third-order valence-corrected chi connectivity index (χ3v) is 2.55. The summed E-state index contributed by atoms with van der Waals surface area (Å²) in [5, 5.41) is 30.0. The van der Waals surface area contributed by atoms with Crippen molar-refractivity contribution in [1.29, 1.82) is 0 Å². The molecule has 20 heavy (non-hydrogen) atoms. The number of rotatable bonds is 6. The first-order chi connectivity index (χ1) is 9.36. The lowest BCUT2D eigenvalue weighted by atomic mass is 10.0. The fourth-order valence-electron chi connectivity index (χ4n) is 1.58. The van der Waals surface area contributed by atoms with Gasteiger partial charge in [0.05, 0.1) is 24.1 Å². The fourth-order valence-corrected chi connectivity index (χ4v) is 1.58. The summed E-state index contributed by atoms with van der Waals surface area (Å²) in [7, 11) is 0. The Morgan fingerprint density at radius 1 is 1.50 bits per heavy atom. The average molecular weight is 287 g/mol. The maximum absolute atomic E-state index is 13.5. The van der Waals surface area contributed by atoms with E-state index in [2.05, 4.69) is 4.74 Å². The summed E-state index contributed by atoms with van der Waals surface area (Å²) in [5.74, 6) is -1.67. The standard InChI is InChI=1S/C12H14FNO6/c1-2-20-11(16)6-10(15)12(17)8-5-7(14(18)19)3-4-9(8)13/h3-5,10,12,15,17H,2,6H2,1H3. The highest BCUT2D eigenvalue weighted by Crippen LogP contribution is 2.26. The SMILES string of the molecule is CCOC(=O)CC(O)C(O)c1cc([N+](=O)[O-])ccc1F. The van der Waals surface area contributed by atoms with Gasteiger partial charge >= 0.3 is 5.97 Å². The molecule has 0 spiro atoms. The van der Waals surface area contributed by atoms with Gasteiger partial charge in [-0.25, -0.2) is 4.39 Å². The van der Waals surface area contributed by atoms with E-state index in [4.69, 9.17) is 0 Å². The summed E-state index contributed by atoms with van der Waals surface area (Å²) in [6.07, 6.45) is -3.93. The molecule has 7 nitrogen and oxygen atoms in total. The zero-order valence-corrected chi connectivity index (χ0v) is 10.7. The van der Waals surface area contributed by atoms with Gasteiger partial charge in [-0.3, -0.25) is 14.9 Å². The molecular formula is C12H14FNO6. The van der Waals surface area contributed by atoms with Gasteiger partial charge in [-0.15, -0.1) is 0 Å². The number of nitro benzene ring substituents is 1. The molecule has 0 aliphatic carbocycles. The topological polar surface area (TPSA) is 110 Å². The molecule has 8 heteroatoms. The quantitative estimate of drug-likeness (QED) is 0.460. The predicted molar refractivity (Wildman–Crippen MR) is 65.3 cm³/mol. The number of aliphatic hydroxyl groups excluding tert-OH is 2. The number of non-ortho nitro benzene ring substituents is 1. The summed E-state index contributed by atoms with van der Waals surface area (Å²) < 4.78 is 18.1. The molecule has 1 aromatic rings. The Kier molecular flexibility index (Phi) is 5.53. The summed E-state index contributed by atoms with van der Waals surface area (Å²) >= 11 is 0. The lowest BCUT2D eigenvalue weighted by Gasteiger charge is -2.17. The Morgan fingerprint density at radius 2 is 2.15 bits per heavy atom. The molecule has 2 unspecified atom stereocenters. The molecular weight excluding hydrogens is 273 g/mol. The number of nitrogens with zero attached hydrogens (tertiary/aromatic N) is 1. The van der Waals surface area contributed by atoms with Crippen molar-refractivity contribution in [2.45, 2.75) is 25.6 Å². The molecule has 0 heterocycles. The van der Waals surface area contributed by atoms with Crippen LogP contribution in [0.25, 0.3) is 0 Å².